The van der Waals surface area contributed by atoms with Gasteiger partial charge in [0, 0.05) is 18.7 Å². The van der Waals surface area contributed by atoms with Gasteiger partial charge in [0.2, 0.25) is 0 Å². The van der Waals surface area contributed by atoms with Crippen LogP contribution in [0.2, 0.25) is 0 Å². The van der Waals surface area contributed by atoms with Crippen LogP contribution < -0.4 is 9.47 Å². The Labute approximate surface area is 194 Å². The van der Waals surface area contributed by atoms with Crippen LogP contribution >= 0.6 is 0 Å². The number of aliphatic hydroxyl groups excluding tert-OH is 1. The summed E-state index contributed by atoms with van der Waals surface area (Å²) in [5.74, 6) is -0.0459. The number of ether oxygens (including phenoxy) is 2. The number of Topliss-reactive ketones (excluding diaryl/α,β-unsaturated/α-hetero) is 1. The summed E-state index contributed by atoms with van der Waals surface area (Å²) >= 11 is 0. The summed E-state index contributed by atoms with van der Waals surface area (Å²) in [7, 11) is 3.83. The Morgan fingerprint density at radius 2 is 1.73 bits per heavy atom. The summed E-state index contributed by atoms with van der Waals surface area (Å²) in [4.78, 5) is 29.7. The Morgan fingerprint density at radius 3 is 2.36 bits per heavy atom. The first-order valence-corrected chi connectivity index (χ1v) is 11.2. The van der Waals surface area contributed by atoms with E-state index in [9.17, 15) is 14.7 Å². The molecule has 0 bridgehead atoms. The fraction of sp³-hybridized carbons (Fsp3) is 0.385. The van der Waals surface area contributed by atoms with Gasteiger partial charge in [-0.15, -0.1) is 0 Å². The fourth-order valence-electron chi connectivity index (χ4n) is 4.17. The Bertz CT molecular complexity index is 1090. The SMILES string of the molecule is CC(C)c1ccc([C@H]2C(=C(O)c3ccc4c(c3)OCCO4)C(=O)C(=O)N2CCN(C)C)cc1. The van der Waals surface area contributed by atoms with Crippen LogP contribution in [0.3, 0.4) is 0 Å². The van der Waals surface area contributed by atoms with Gasteiger partial charge in [-0.1, -0.05) is 38.1 Å². The van der Waals surface area contributed by atoms with Crippen LogP contribution in [0.4, 0.5) is 0 Å². The molecule has 1 amide bonds. The van der Waals surface area contributed by atoms with Crippen molar-refractivity contribution in [3.05, 3.63) is 64.7 Å². The van der Waals surface area contributed by atoms with E-state index in [1.54, 1.807) is 23.1 Å². The monoisotopic (exact) mass is 450 g/mol. The molecule has 1 saturated heterocycles. The number of rotatable bonds is 6. The van der Waals surface area contributed by atoms with Crippen molar-refractivity contribution in [2.24, 2.45) is 0 Å². The van der Waals surface area contributed by atoms with Crippen molar-refractivity contribution in [1.29, 1.82) is 0 Å². The van der Waals surface area contributed by atoms with Crippen molar-refractivity contribution < 1.29 is 24.2 Å². The number of amides is 1. The van der Waals surface area contributed by atoms with Gasteiger partial charge in [0.05, 0.1) is 11.6 Å². The lowest BCUT2D eigenvalue weighted by atomic mass is 9.93. The molecule has 0 unspecified atom stereocenters. The molecule has 7 nitrogen and oxygen atoms in total. The van der Waals surface area contributed by atoms with Crippen LogP contribution in [0.5, 0.6) is 11.5 Å². The molecular formula is C26H30N2O5. The maximum atomic E-state index is 13.1. The molecule has 2 aliphatic heterocycles. The second kappa shape index (κ2) is 9.27. The summed E-state index contributed by atoms with van der Waals surface area (Å²) in [5, 5.41) is 11.3. The molecule has 33 heavy (non-hydrogen) atoms. The van der Waals surface area contributed by atoms with E-state index in [1.807, 2.05) is 43.3 Å². The Balaban J connectivity index is 1.81. The first-order valence-electron chi connectivity index (χ1n) is 11.2. The van der Waals surface area contributed by atoms with E-state index in [1.165, 1.54) is 0 Å². The van der Waals surface area contributed by atoms with Gasteiger partial charge in [0.15, 0.2) is 11.5 Å². The molecule has 1 fully saturated rings. The van der Waals surface area contributed by atoms with Crippen molar-refractivity contribution in [3.63, 3.8) is 0 Å². The molecule has 0 aromatic heterocycles. The van der Waals surface area contributed by atoms with E-state index in [2.05, 4.69) is 13.8 Å². The zero-order valence-electron chi connectivity index (χ0n) is 19.5. The molecule has 2 aliphatic rings. The van der Waals surface area contributed by atoms with Crippen molar-refractivity contribution >= 4 is 17.4 Å². The van der Waals surface area contributed by atoms with Gasteiger partial charge in [-0.05, 0) is 49.3 Å². The second-order valence-electron chi connectivity index (χ2n) is 8.98. The first-order chi connectivity index (χ1) is 15.8. The largest absolute Gasteiger partial charge is 0.507 e. The summed E-state index contributed by atoms with van der Waals surface area (Å²) in [6.07, 6.45) is 0. The van der Waals surface area contributed by atoms with E-state index < -0.39 is 17.7 Å². The third kappa shape index (κ3) is 4.46. The molecule has 2 aromatic rings. The third-order valence-corrected chi connectivity index (χ3v) is 6.06. The van der Waals surface area contributed by atoms with Gasteiger partial charge in [-0.2, -0.15) is 0 Å². The topological polar surface area (TPSA) is 79.3 Å². The minimum atomic E-state index is -0.681. The standard InChI is InChI=1S/C26H30N2O5/c1-16(2)17-5-7-18(8-6-17)23-22(25(30)26(31)28(23)12-11-27(3)4)24(29)19-9-10-20-21(15-19)33-14-13-32-20/h5-10,15-16,23,29H,11-14H2,1-4H3/t23-/m0/s1. The summed E-state index contributed by atoms with van der Waals surface area (Å²) in [6.45, 7) is 6.06. The van der Waals surface area contributed by atoms with Crippen LogP contribution in [0, 0.1) is 0 Å². The fourth-order valence-corrected chi connectivity index (χ4v) is 4.17. The lowest BCUT2D eigenvalue weighted by Crippen LogP contribution is -2.35. The Hall–Kier alpha value is -3.32. The van der Waals surface area contributed by atoms with Crippen LogP contribution in [0.1, 0.15) is 42.5 Å². The Kier molecular flexibility index (Phi) is 6.42. The molecule has 0 saturated carbocycles. The van der Waals surface area contributed by atoms with Gasteiger partial charge >= 0.3 is 0 Å². The van der Waals surface area contributed by atoms with E-state index in [0.717, 1.165) is 11.1 Å². The summed E-state index contributed by atoms with van der Waals surface area (Å²) in [5.41, 5.74) is 2.45. The predicted molar refractivity (Wildman–Crippen MR) is 126 cm³/mol. The molecule has 0 radical (unpaired) electrons. The lowest BCUT2D eigenvalue weighted by molar-refractivity contribution is -0.140. The zero-order chi connectivity index (χ0) is 23.7. The average Bonchev–Trinajstić information content (AvgIpc) is 3.06. The van der Waals surface area contributed by atoms with Gasteiger partial charge in [-0.25, -0.2) is 0 Å². The van der Waals surface area contributed by atoms with Crippen LogP contribution in [0.25, 0.3) is 5.76 Å². The number of benzene rings is 2. The number of fused-ring (bicyclic) bond motifs is 1. The molecule has 7 heteroatoms. The number of hydrogen-bond donors (Lipinski definition) is 1. The minimum Gasteiger partial charge on any atom is -0.507 e. The quantitative estimate of drug-likeness (QED) is 0.412. The van der Waals surface area contributed by atoms with Crippen molar-refractivity contribution in [2.75, 3.05) is 40.4 Å². The highest BCUT2D eigenvalue weighted by Crippen LogP contribution is 2.41. The second-order valence-corrected chi connectivity index (χ2v) is 8.98. The van der Waals surface area contributed by atoms with E-state index >= 15 is 0 Å². The van der Waals surface area contributed by atoms with Crippen molar-refractivity contribution in [2.45, 2.75) is 25.8 Å². The first kappa shape index (κ1) is 22.9. The number of carbonyl (C=O) groups excluding carboxylic acids is 2. The number of likely N-dealkylation sites (N-methyl/N-ethyl adjacent to an activating group) is 1. The van der Waals surface area contributed by atoms with Crippen molar-refractivity contribution in [3.8, 4) is 11.5 Å². The number of hydrogen-bond acceptors (Lipinski definition) is 6. The molecule has 0 spiro atoms. The van der Waals surface area contributed by atoms with E-state index in [-0.39, 0.29) is 11.3 Å². The number of nitrogens with zero attached hydrogens (tertiary/aromatic N) is 2. The van der Waals surface area contributed by atoms with Crippen LogP contribution in [-0.4, -0.2) is 67.0 Å². The summed E-state index contributed by atoms with van der Waals surface area (Å²) in [6, 6.07) is 12.3. The van der Waals surface area contributed by atoms with Gasteiger partial charge in [-0.3, -0.25) is 9.59 Å². The zero-order valence-corrected chi connectivity index (χ0v) is 19.5. The lowest BCUT2D eigenvalue weighted by Gasteiger charge is -2.27. The highest BCUT2D eigenvalue weighted by molar-refractivity contribution is 6.46. The maximum absolute atomic E-state index is 13.1. The predicted octanol–water partition coefficient (Wildman–Crippen LogP) is 3.56. The minimum absolute atomic E-state index is 0.0905. The number of likely N-dealkylation sites (tertiary alicyclic amines) is 1. The van der Waals surface area contributed by atoms with Gasteiger partial charge < -0.3 is 24.4 Å². The molecule has 174 valence electrons. The molecular weight excluding hydrogens is 420 g/mol. The molecule has 2 heterocycles. The number of carbonyl (C=O) groups is 2. The molecule has 4 rings (SSSR count). The highest BCUT2D eigenvalue weighted by Gasteiger charge is 2.46. The molecule has 1 N–H and O–H groups in total. The number of ketones is 1. The van der Waals surface area contributed by atoms with E-state index in [4.69, 9.17) is 9.47 Å². The molecule has 1 atom stereocenters. The highest BCUT2D eigenvalue weighted by atomic mass is 16.6. The number of aliphatic hydroxyl groups is 1. The van der Waals surface area contributed by atoms with Crippen molar-refractivity contribution in [1.82, 2.24) is 9.80 Å². The molecule has 2 aromatic carbocycles. The normalized spacial score (nSPS) is 19.6. The third-order valence-electron chi connectivity index (χ3n) is 6.06. The smallest absolute Gasteiger partial charge is 0.295 e. The van der Waals surface area contributed by atoms with Crippen LogP contribution in [-0.2, 0) is 9.59 Å². The maximum Gasteiger partial charge on any atom is 0.295 e. The van der Waals surface area contributed by atoms with Crippen LogP contribution in [0.15, 0.2) is 48.0 Å². The Morgan fingerprint density at radius 1 is 1.06 bits per heavy atom. The van der Waals surface area contributed by atoms with Gasteiger partial charge in [0.1, 0.15) is 19.0 Å². The average molecular weight is 451 g/mol. The molecule has 0 aliphatic carbocycles. The van der Waals surface area contributed by atoms with E-state index in [0.29, 0.717) is 49.3 Å². The van der Waals surface area contributed by atoms with Gasteiger partial charge in [0.25, 0.3) is 11.7 Å². The summed E-state index contributed by atoms with van der Waals surface area (Å²) < 4.78 is 11.2.